The van der Waals surface area contributed by atoms with E-state index in [0.717, 1.165) is 26.9 Å². The molecule has 0 saturated carbocycles. The van der Waals surface area contributed by atoms with Crippen LogP contribution in [0, 0.1) is 0 Å². The Hall–Kier alpha value is -2.35. The first-order valence-electron chi connectivity index (χ1n) is 9.03. The molecular weight excluding hydrogens is 309 g/mol. The minimum atomic E-state index is 0.537. The minimum absolute atomic E-state index is 0.537. The zero-order valence-electron chi connectivity index (χ0n) is 16.7. The summed E-state index contributed by atoms with van der Waals surface area (Å²) in [5, 5.41) is 0.881. The molecule has 0 radical (unpaired) electrons. The van der Waals surface area contributed by atoms with Crippen LogP contribution in [0.2, 0.25) is 0 Å². The molecule has 0 spiro atoms. The first-order valence-corrected chi connectivity index (χ1v) is 9.03. The summed E-state index contributed by atoms with van der Waals surface area (Å²) in [5.74, 6) is 0. The van der Waals surface area contributed by atoms with Crippen molar-refractivity contribution in [1.82, 2.24) is 4.79 Å². The van der Waals surface area contributed by atoms with Gasteiger partial charge in [0.25, 0.3) is 0 Å². The Labute approximate surface area is 152 Å². The van der Waals surface area contributed by atoms with Crippen molar-refractivity contribution in [2.24, 2.45) is 0 Å². The van der Waals surface area contributed by atoms with Gasteiger partial charge < -0.3 is 0 Å². The number of benzene rings is 1. The summed E-state index contributed by atoms with van der Waals surface area (Å²) in [6.07, 6.45) is 11.3. The highest BCUT2D eigenvalue weighted by atomic mass is 19.2. The summed E-state index contributed by atoms with van der Waals surface area (Å²) in [5.41, 5.74) is 4.16. The molecule has 0 amide bonds. The van der Waals surface area contributed by atoms with E-state index in [-0.39, 0.29) is 0 Å². The van der Waals surface area contributed by atoms with Gasteiger partial charge in [-0.3, -0.25) is 0 Å². The Morgan fingerprint density at radius 3 is 2.24 bits per heavy atom. The highest BCUT2D eigenvalue weighted by molar-refractivity contribution is 5.95. The lowest BCUT2D eigenvalue weighted by Crippen LogP contribution is -1.85. The first-order chi connectivity index (χ1) is 12.1. The first kappa shape index (κ1) is 22.7. The molecule has 0 aliphatic carbocycles. The van der Waals surface area contributed by atoms with Crippen molar-refractivity contribution >= 4 is 28.6 Å². The predicted octanol–water partition coefficient (Wildman–Crippen LogP) is 8.08. The van der Waals surface area contributed by atoms with Crippen molar-refractivity contribution in [1.29, 1.82) is 0 Å². The molecule has 0 aliphatic rings. The molecule has 25 heavy (non-hydrogen) atoms. The zero-order chi connectivity index (χ0) is 19.4. The van der Waals surface area contributed by atoms with Crippen LogP contribution in [0.25, 0.3) is 28.6 Å². The number of fused-ring (bicyclic) bond motifs is 1. The van der Waals surface area contributed by atoms with Gasteiger partial charge in [-0.15, -0.1) is 0 Å². The average molecular weight is 342 g/mol. The quantitative estimate of drug-likeness (QED) is 0.495. The summed E-state index contributed by atoms with van der Waals surface area (Å²) >= 11 is 0. The van der Waals surface area contributed by atoms with Crippen molar-refractivity contribution in [3.63, 3.8) is 0 Å². The van der Waals surface area contributed by atoms with E-state index < -0.39 is 0 Å². The second kappa shape index (κ2) is 12.1. The molecule has 2 heteroatoms. The second-order valence-corrected chi connectivity index (χ2v) is 4.89. The number of hydrogen-bond donors (Lipinski definition) is 0. The highest BCUT2D eigenvalue weighted by Crippen LogP contribution is 2.31. The zero-order valence-corrected chi connectivity index (χ0v) is 16.7. The van der Waals surface area contributed by atoms with Crippen molar-refractivity contribution in [3.8, 4) is 0 Å². The normalized spacial score (nSPS) is 11.3. The molecule has 2 rings (SSSR count). The van der Waals surface area contributed by atoms with Crippen molar-refractivity contribution in [3.05, 3.63) is 65.9 Å². The van der Waals surface area contributed by atoms with Gasteiger partial charge in [0.1, 0.15) is 0 Å². The van der Waals surface area contributed by atoms with E-state index in [9.17, 15) is 4.48 Å². The monoisotopic (exact) mass is 341 g/mol. The van der Waals surface area contributed by atoms with E-state index in [1.54, 1.807) is 12.2 Å². The Morgan fingerprint density at radius 2 is 1.72 bits per heavy atom. The van der Waals surface area contributed by atoms with E-state index in [1.165, 1.54) is 0 Å². The van der Waals surface area contributed by atoms with Gasteiger partial charge in [-0.1, -0.05) is 75.2 Å². The molecule has 136 valence electrons. The molecule has 0 saturated heterocycles. The van der Waals surface area contributed by atoms with Crippen molar-refractivity contribution in [2.45, 2.75) is 48.5 Å². The van der Waals surface area contributed by atoms with Gasteiger partial charge in [0.15, 0.2) is 0 Å². The average Bonchev–Trinajstić information content (AvgIpc) is 2.94. The van der Waals surface area contributed by atoms with Crippen LogP contribution in [0.4, 0.5) is 4.48 Å². The standard InChI is InChI=1S/C19H20FN.2C2H6/c1-5-8-10-14(4)15-11-12-19-17(13-15)16(7-3)18(9-6-2)21(19)20;2*1-2/h5-13H,3H2,1-2,4H3;2*1-2H3/b8-5-,9-6-,14-10+;;. The summed E-state index contributed by atoms with van der Waals surface area (Å²) in [4.78, 5) is 0.723. The maximum absolute atomic E-state index is 14.4. The molecule has 0 bridgehead atoms. The van der Waals surface area contributed by atoms with Crippen molar-refractivity contribution < 1.29 is 4.48 Å². The fourth-order valence-corrected chi connectivity index (χ4v) is 2.41. The van der Waals surface area contributed by atoms with Gasteiger partial charge >= 0.3 is 0 Å². The fraction of sp³-hybridized carbons (Fsp3) is 0.304. The highest BCUT2D eigenvalue weighted by Gasteiger charge is 2.13. The Bertz CT molecular complexity index is 758. The van der Waals surface area contributed by atoms with Crippen molar-refractivity contribution in [2.75, 3.05) is 0 Å². The molecule has 0 fully saturated rings. The SMILES string of the molecule is C=Cc1c(/C=C\C)n(F)c2ccc(/C(C)=C/C=C\C)cc12.CC.CC. The van der Waals surface area contributed by atoms with Crippen LogP contribution in [0.3, 0.4) is 0 Å². The number of aromatic nitrogens is 1. The number of nitrogens with zero attached hydrogens (tertiary/aromatic N) is 1. The van der Waals surface area contributed by atoms with E-state index in [2.05, 4.69) is 6.58 Å². The van der Waals surface area contributed by atoms with Gasteiger partial charge in [-0.2, -0.15) is 4.79 Å². The molecular formula is C23H32FN. The molecule has 0 aliphatic heterocycles. The molecule has 1 aromatic carbocycles. The molecule has 1 heterocycles. The maximum Gasteiger partial charge on any atom is 0.0826 e. The van der Waals surface area contributed by atoms with E-state index in [0.29, 0.717) is 11.2 Å². The number of allylic oxidation sites excluding steroid dienone is 5. The van der Waals surface area contributed by atoms with Crippen LogP contribution < -0.4 is 0 Å². The topological polar surface area (TPSA) is 4.93 Å². The molecule has 0 atom stereocenters. The fourth-order valence-electron chi connectivity index (χ4n) is 2.41. The lowest BCUT2D eigenvalue weighted by Gasteiger charge is -2.02. The van der Waals surface area contributed by atoms with Gasteiger partial charge in [0.05, 0.1) is 11.2 Å². The second-order valence-electron chi connectivity index (χ2n) is 4.89. The Morgan fingerprint density at radius 1 is 1.08 bits per heavy atom. The van der Waals surface area contributed by atoms with Crippen LogP contribution in [-0.2, 0) is 0 Å². The third-order valence-corrected chi connectivity index (χ3v) is 3.51. The predicted molar refractivity (Wildman–Crippen MR) is 114 cm³/mol. The smallest absolute Gasteiger partial charge is 0.0826 e. The number of rotatable bonds is 4. The van der Waals surface area contributed by atoms with Crippen LogP contribution in [0.5, 0.6) is 0 Å². The van der Waals surface area contributed by atoms with Crippen LogP contribution >= 0.6 is 0 Å². The minimum Gasteiger partial charge on any atom is -0.179 e. The molecule has 0 N–H and O–H groups in total. The number of hydrogen-bond acceptors (Lipinski definition) is 0. The third-order valence-electron chi connectivity index (χ3n) is 3.51. The lowest BCUT2D eigenvalue weighted by molar-refractivity contribution is 0.384. The molecule has 0 unspecified atom stereocenters. The van der Waals surface area contributed by atoms with E-state index in [4.69, 9.17) is 0 Å². The summed E-state index contributed by atoms with van der Waals surface area (Å²) in [7, 11) is 0. The van der Waals surface area contributed by atoms with E-state index >= 15 is 0 Å². The third kappa shape index (κ3) is 5.32. The summed E-state index contributed by atoms with van der Waals surface area (Å²) < 4.78 is 14.4. The van der Waals surface area contributed by atoms with Gasteiger partial charge in [-0.05, 0) is 50.1 Å². The van der Waals surface area contributed by atoms with Crippen LogP contribution in [0.15, 0.2) is 49.1 Å². The largest absolute Gasteiger partial charge is 0.179 e. The summed E-state index contributed by atoms with van der Waals surface area (Å²) in [6.45, 7) is 17.7. The number of halogens is 1. The molecule has 2 aromatic rings. The summed E-state index contributed by atoms with van der Waals surface area (Å²) in [6, 6.07) is 5.78. The van der Waals surface area contributed by atoms with Crippen LogP contribution in [0.1, 0.15) is 65.3 Å². The molecule has 1 aromatic heterocycles. The Balaban J connectivity index is 0.00000134. The maximum atomic E-state index is 14.4. The van der Waals surface area contributed by atoms with E-state index in [1.807, 2.05) is 91.0 Å². The van der Waals surface area contributed by atoms with Gasteiger partial charge in [-0.25, -0.2) is 0 Å². The lowest BCUT2D eigenvalue weighted by atomic mass is 10.0. The van der Waals surface area contributed by atoms with Gasteiger partial charge in [0.2, 0.25) is 0 Å². The Kier molecular flexibility index (Phi) is 10.9. The van der Waals surface area contributed by atoms with Crippen LogP contribution in [-0.4, -0.2) is 4.79 Å². The van der Waals surface area contributed by atoms with Gasteiger partial charge in [0, 0.05) is 10.9 Å². The molecule has 1 nitrogen and oxygen atoms in total.